The van der Waals surface area contributed by atoms with Crippen molar-refractivity contribution >= 4 is 0 Å². The summed E-state index contributed by atoms with van der Waals surface area (Å²) in [5.41, 5.74) is 2.32. The van der Waals surface area contributed by atoms with Crippen molar-refractivity contribution in [2.75, 3.05) is 7.11 Å². The first-order valence-electron chi connectivity index (χ1n) is 7.33. The standard InChI is InChI=1S/C19H19NO2.ClH/c1-21-17-9-7-15(8-10-17)13-20-14-18-11-12-19(22-18)16-5-3-2-4-6-16;/h2-12,20H,13-14H2,1H3;1H/p-1. The van der Waals surface area contributed by atoms with Gasteiger partial charge in [0, 0.05) is 12.1 Å². The Hall–Kier alpha value is -2.23. The van der Waals surface area contributed by atoms with Crippen LogP contribution >= 0.6 is 0 Å². The first-order valence-corrected chi connectivity index (χ1v) is 7.33. The Morgan fingerprint density at radius 3 is 2.30 bits per heavy atom. The quantitative estimate of drug-likeness (QED) is 0.739. The molecule has 0 atom stereocenters. The maximum Gasteiger partial charge on any atom is 0.134 e. The molecular weight excluding hydrogens is 310 g/mol. The lowest BCUT2D eigenvalue weighted by molar-refractivity contribution is -0.00000531. The summed E-state index contributed by atoms with van der Waals surface area (Å²) < 4.78 is 11.0. The van der Waals surface area contributed by atoms with Gasteiger partial charge in [-0.15, -0.1) is 0 Å². The van der Waals surface area contributed by atoms with Crippen molar-refractivity contribution in [1.82, 2.24) is 5.32 Å². The first kappa shape index (κ1) is 17.1. The number of benzene rings is 2. The van der Waals surface area contributed by atoms with Crippen molar-refractivity contribution < 1.29 is 21.6 Å². The summed E-state index contributed by atoms with van der Waals surface area (Å²) in [4.78, 5) is 0. The molecule has 0 aliphatic rings. The number of hydrogen-bond acceptors (Lipinski definition) is 3. The number of nitrogens with one attached hydrogen (secondary N) is 1. The summed E-state index contributed by atoms with van der Waals surface area (Å²) in [6.45, 7) is 1.50. The highest BCUT2D eigenvalue weighted by Crippen LogP contribution is 2.21. The normalized spacial score (nSPS) is 10.1. The second-order valence-electron chi connectivity index (χ2n) is 5.08. The minimum Gasteiger partial charge on any atom is -1.00 e. The number of halogens is 1. The topological polar surface area (TPSA) is 34.4 Å². The van der Waals surface area contributed by atoms with Crippen LogP contribution in [-0.2, 0) is 13.1 Å². The minimum atomic E-state index is 0. The van der Waals surface area contributed by atoms with Gasteiger partial charge in [0.05, 0.1) is 13.7 Å². The fourth-order valence-electron chi connectivity index (χ4n) is 2.30. The lowest BCUT2D eigenvalue weighted by atomic mass is 10.2. The summed E-state index contributed by atoms with van der Waals surface area (Å²) in [6.07, 6.45) is 0. The van der Waals surface area contributed by atoms with E-state index in [0.717, 1.165) is 29.4 Å². The molecule has 23 heavy (non-hydrogen) atoms. The molecule has 3 nitrogen and oxygen atoms in total. The molecular formula is C19H19ClNO2-. The molecule has 1 N–H and O–H groups in total. The summed E-state index contributed by atoms with van der Waals surface area (Å²) >= 11 is 0. The number of methoxy groups -OCH3 is 1. The molecule has 1 aromatic heterocycles. The molecule has 0 radical (unpaired) electrons. The van der Waals surface area contributed by atoms with Gasteiger partial charge in [0.25, 0.3) is 0 Å². The predicted molar refractivity (Wildman–Crippen MR) is 87.7 cm³/mol. The van der Waals surface area contributed by atoms with E-state index < -0.39 is 0 Å². The lowest BCUT2D eigenvalue weighted by Gasteiger charge is -2.04. The highest BCUT2D eigenvalue weighted by atomic mass is 35.5. The van der Waals surface area contributed by atoms with E-state index in [1.165, 1.54) is 5.56 Å². The summed E-state index contributed by atoms with van der Waals surface area (Å²) in [7, 11) is 1.68. The predicted octanol–water partition coefficient (Wildman–Crippen LogP) is 1.25. The highest BCUT2D eigenvalue weighted by Gasteiger charge is 2.04. The Morgan fingerprint density at radius 2 is 1.61 bits per heavy atom. The Kier molecular flexibility index (Phi) is 6.27. The zero-order valence-electron chi connectivity index (χ0n) is 13.0. The molecule has 0 fully saturated rings. The van der Waals surface area contributed by atoms with Gasteiger partial charge in [0.2, 0.25) is 0 Å². The van der Waals surface area contributed by atoms with Gasteiger partial charge in [0.1, 0.15) is 17.3 Å². The maximum absolute atomic E-state index is 5.86. The van der Waals surface area contributed by atoms with Crippen LogP contribution in [0.15, 0.2) is 71.1 Å². The van der Waals surface area contributed by atoms with Crippen molar-refractivity contribution in [2.45, 2.75) is 13.1 Å². The van der Waals surface area contributed by atoms with E-state index in [-0.39, 0.29) is 12.4 Å². The smallest absolute Gasteiger partial charge is 0.134 e. The van der Waals surface area contributed by atoms with Crippen LogP contribution < -0.4 is 22.5 Å². The van der Waals surface area contributed by atoms with Gasteiger partial charge in [-0.25, -0.2) is 0 Å². The Morgan fingerprint density at radius 1 is 0.870 bits per heavy atom. The van der Waals surface area contributed by atoms with E-state index in [2.05, 4.69) is 17.4 Å². The number of ether oxygens (including phenoxy) is 1. The second-order valence-corrected chi connectivity index (χ2v) is 5.08. The van der Waals surface area contributed by atoms with Crippen LogP contribution in [0.1, 0.15) is 11.3 Å². The first-order chi connectivity index (χ1) is 10.8. The van der Waals surface area contributed by atoms with Gasteiger partial charge in [-0.2, -0.15) is 0 Å². The van der Waals surface area contributed by atoms with Crippen LogP contribution in [0.5, 0.6) is 5.75 Å². The van der Waals surface area contributed by atoms with E-state index in [1.807, 2.05) is 54.6 Å². The van der Waals surface area contributed by atoms with E-state index >= 15 is 0 Å². The van der Waals surface area contributed by atoms with Gasteiger partial charge >= 0.3 is 0 Å². The van der Waals surface area contributed by atoms with Crippen molar-refractivity contribution in [2.24, 2.45) is 0 Å². The third kappa shape index (κ3) is 4.62. The van der Waals surface area contributed by atoms with Crippen molar-refractivity contribution in [1.29, 1.82) is 0 Å². The largest absolute Gasteiger partial charge is 1.00 e. The van der Waals surface area contributed by atoms with E-state index in [1.54, 1.807) is 7.11 Å². The molecule has 2 aromatic carbocycles. The second kappa shape index (κ2) is 8.42. The Bertz CT molecular complexity index is 708. The zero-order chi connectivity index (χ0) is 15.2. The van der Waals surface area contributed by atoms with E-state index in [9.17, 15) is 0 Å². The summed E-state index contributed by atoms with van der Waals surface area (Å²) in [5, 5.41) is 3.39. The third-order valence-electron chi connectivity index (χ3n) is 3.51. The fourth-order valence-corrected chi connectivity index (χ4v) is 2.30. The maximum atomic E-state index is 5.86. The van der Waals surface area contributed by atoms with Crippen LogP contribution in [0.25, 0.3) is 11.3 Å². The SMILES string of the molecule is COc1ccc(CNCc2ccc(-c3ccccc3)o2)cc1.[Cl-]. The van der Waals surface area contributed by atoms with Gasteiger partial charge < -0.3 is 26.9 Å². The molecule has 0 bridgehead atoms. The molecule has 0 aliphatic carbocycles. The van der Waals surface area contributed by atoms with Crippen molar-refractivity contribution in [3.05, 3.63) is 78.1 Å². The Balaban J connectivity index is 0.00000192. The molecule has 120 valence electrons. The molecule has 0 aliphatic heterocycles. The molecule has 0 unspecified atom stereocenters. The zero-order valence-corrected chi connectivity index (χ0v) is 13.7. The van der Waals surface area contributed by atoms with Crippen molar-refractivity contribution in [3.8, 4) is 17.1 Å². The molecule has 4 heteroatoms. The monoisotopic (exact) mass is 328 g/mol. The van der Waals surface area contributed by atoms with Crippen LogP contribution in [0.2, 0.25) is 0 Å². The summed E-state index contributed by atoms with van der Waals surface area (Å²) in [6, 6.07) is 22.2. The Labute approximate surface area is 142 Å². The third-order valence-corrected chi connectivity index (χ3v) is 3.51. The van der Waals surface area contributed by atoms with Gasteiger partial charge in [-0.1, -0.05) is 42.5 Å². The average Bonchev–Trinajstić information content (AvgIpc) is 3.05. The van der Waals surface area contributed by atoms with Crippen LogP contribution in [-0.4, -0.2) is 7.11 Å². The highest BCUT2D eigenvalue weighted by molar-refractivity contribution is 5.57. The molecule has 0 amide bonds. The van der Waals surface area contributed by atoms with Gasteiger partial charge in [-0.05, 0) is 29.8 Å². The fraction of sp³-hybridized carbons (Fsp3) is 0.158. The molecule has 3 rings (SSSR count). The average molecular weight is 329 g/mol. The molecule has 0 spiro atoms. The van der Waals surface area contributed by atoms with Crippen LogP contribution in [0.3, 0.4) is 0 Å². The molecule has 0 saturated heterocycles. The summed E-state index contributed by atoms with van der Waals surface area (Å²) in [5.74, 6) is 2.72. The number of hydrogen-bond donors (Lipinski definition) is 1. The van der Waals surface area contributed by atoms with Gasteiger partial charge in [-0.3, -0.25) is 0 Å². The molecule has 3 aromatic rings. The van der Waals surface area contributed by atoms with Crippen LogP contribution in [0.4, 0.5) is 0 Å². The van der Waals surface area contributed by atoms with E-state index in [0.29, 0.717) is 6.54 Å². The molecule has 1 heterocycles. The van der Waals surface area contributed by atoms with Crippen LogP contribution in [0, 0.1) is 0 Å². The number of rotatable bonds is 6. The van der Waals surface area contributed by atoms with Gasteiger partial charge in [0.15, 0.2) is 0 Å². The number of furan rings is 1. The lowest BCUT2D eigenvalue weighted by Crippen LogP contribution is -3.00. The van der Waals surface area contributed by atoms with E-state index in [4.69, 9.17) is 9.15 Å². The van der Waals surface area contributed by atoms with Crippen molar-refractivity contribution in [3.63, 3.8) is 0 Å². The minimum absolute atomic E-state index is 0. The molecule has 0 saturated carbocycles.